The first-order valence-corrected chi connectivity index (χ1v) is 10.8. The molecule has 1 saturated heterocycles. The highest BCUT2D eigenvalue weighted by Crippen LogP contribution is 2.20. The number of amides is 1. The van der Waals surface area contributed by atoms with Crippen LogP contribution in [-0.2, 0) is 6.54 Å². The molecule has 3 aromatic rings. The van der Waals surface area contributed by atoms with E-state index in [1.807, 2.05) is 0 Å². The van der Waals surface area contributed by atoms with E-state index in [1.165, 1.54) is 21.7 Å². The van der Waals surface area contributed by atoms with Crippen molar-refractivity contribution in [1.82, 2.24) is 14.7 Å². The van der Waals surface area contributed by atoms with Gasteiger partial charge >= 0.3 is 6.09 Å². The van der Waals surface area contributed by atoms with E-state index in [9.17, 15) is 23.5 Å². The van der Waals surface area contributed by atoms with Crippen LogP contribution in [0.1, 0.15) is 18.4 Å². The Morgan fingerprint density at radius 1 is 1.03 bits per heavy atom. The summed E-state index contributed by atoms with van der Waals surface area (Å²) >= 11 is 0. The lowest BCUT2D eigenvalue weighted by atomic mass is 10.1. The van der Waals surface area contributed by atoms with E-state index in [0.717, 1.165) is 44.1 Å². The molecule has 1 amide bonds. The van der Waals surface area contributed by atoms with Crippen molar-refractivity contribution in [3.05, 3.63) is 82.1 Å². The summed E-state index contributed by atoms with van der Waals surface area (Å²) in [6.45, 7) is 3.04. The molecule has 2 aromatic carbocycles. The van der Waals surface area contributed by atoms with Crippen molar-refractivity contribution in [2.24, 2.45) is 0 Å². The molecule has 1 aliphatic heterocycles. The van der Waals surface area contributed by atoms with Crippen LogP contribution in [0, 0.1) is 11.6 Å². The van der Waals surface area contributed by atoms with Crippen LogP contribution in [0.5, 0.6) is 0 Å². The quantitative estimate of drug-likeness (QED) is 0.587. The highest BCUT2D eigenvalue weighted by Gasteiger charge is 2.18. The first kappa shape index (κ1) is 22.6. The molecule has 0 spiro atoms. The van der Waals surface area contributed by atoms with Crippen LogP contribution in [0.4, 0.5) is 19.3 Å². The van der Waals surface area contributed by atoms with Gasteiger partial charge in [-0.25, -0.2) is 18.3 Å². The van der Waals surface area contributed by atoms with E-state index >= 15 is 0 Å². The Kier molecular flexibility index (Phi) is 6.79. The molecule has 7 nitrogen and oxygen atoms in total. The molecule has 0 bridgehead atoms. The molecule has 0 radical (unpaired) electrons. The Bertz CT molecular complexity index is 1190. The Morgan fingerprint density at radius 3 is 2.45 bits per heavy atom. The third kappa shape index (κ3) is 5.61. The van der Waals surface area contributed by atoms with Gasteiger partial charge in [-0.05, 0) is 61.8 Å². The average molecular weight is 454 g/mol. The predicted octanol–water partition coefficient (Wildman–Crippen LogP) is 3.82. The van der Waals surface area contributed by atoms with Crippen molar-refractivity contribution < 1.29 is 18.7 Å². The topological polar surface area (TPSA) is 78.7 Å². The average Bonchev–Trinajstić information content (AvgIpc) is 3.28. The molecule has 4 rings (SSSR count). The maximum Gasteiger partial charge on any atom is 0.411 e. The maximum absolute atomic E-state index is 13.6. The Hall–Kier alpha value is -3.59. The fourth-order valence-electron chi connectivity index (χ4n) is 4.00. The standard InChI is InChI=1S/C24H24F2N4O3/c25-19-13-18(14-20(26)15-19)22-6-7-23(31)30(27-22)16-17-4-3-5-21(12-17)29(24(32)33)11-10-28-8-1-2-9-28/h3-7,12-15H,1-2,8-11,16H2,(H,32,33). The van der Waals surface area contributed by atoms with Crippen LogP contribution in [0.2, 0.25) is 0 Å². The lowest BCUT2D eigenvalue weighted by molar-refractivity contribution is 0.200. The summed E-state index contributed by atoms with van der Waals surface area (Å²) in [7, 11) is 0. The number of nitrogens with zero attached hydrogens (tertiary/aromatic N) is 4. The van der Waals surface area contributed by atoms with Gasteiger partial charge in [0.15, 0.2) is 0 Å². The minimum Gasteiger partial charge on any atom is -0.465 e. The van der Waals surface area contributed by atoms with Gasteiger partial charge in [0.25, 0.3) is 5.56 Å². The molecule has 0 atom stereocenters. The Morgan fingerprint density at radius 2 is 1.76 bits per heavy atom. The number of benzene rings is 2. The second-order valence-electron chi connectivity index (χ2n) is 8.03. The SMILES string of the molecule is O=C(O)N(CCN1CCCC1)c1cccc(Cn2nc(-c3cc(F)cc(F)c3)ccc2=O)c1. The normalized spacial score (nSPS) is 13.9. The van der Waals surface area contributed by atoms with Gasteiger partial charge in [-0.3, -0.25) is 9.69 Å². The van der Waals surface area contributed by atoms with Crippen molar-refractivity contribution in [2.45, 2.75) is 19.4 Å². The number of carbonyl (C=O) groups is 1. The lowest BCUT2D eigenvalue weighted by Crippen LogP contribution is -2.37. The van der Waals surface area contributed by atoms with E-state index in [-0.39, 0.29) is 23.4 Å². The molecular weight excluding hydrogens is 430 g/mol. The smallest absolute Gasteiger partial charge is 0.411 e. The van der Waals surface area contributed by atoms with Crippen molar-refractivity contribution in [2.75, 3.05) is 31.1 Å². The minimum atomic E-state index is -1.04. The Balaban J connectivity index is 1.56. The van der Waals surface area contributed by atoms with Gasteiger partial charge in [0, 0.05) is 36.5 Å². The summed E-state index contributed by atoms with van der Waals surface area (Å²) in [6.07, 6.45) is 1.22. The number of anilines is 1. The van der Waals surface area contributed by atoms with Crippen molar-refractivity contribution in [3.8, 4) is 11.3 Å². The molecule has 172 valence electrons. The van der Waals surface area contributed by atoms with Gasteiger partial charge in [0.2, 0.25) is 0 Å². The zero-order chi connectivity index (χ0) is 23.4. The molecular formula is C24H24F2N4O3. The zero-order valence-electron chi connectivity index (χ0n) is 18.0. The summed E-state index contributed by atoms with van der Waals surface area (Å²) in [5, 5.41) is 14.0. The third-order valence-corrected chi connectivity index (χ3v) is 5.65. The van der Waals surface area contributed by atoms with Gasteiger partial charge in [0.05, 0.1) is 12.2 Å². The first-order valence-electron chi connectivity index (χ1n) is 10.8. The molecule has 9 heteroatoms. The van der Waals surface area contributed by atoms with E-state index in [1.54, 1.807) is 24.3 Å². The summed E-state index contributed by atoms with van der Waals surface area (Å²) in [5.74, 6) is -1.47. The first-order chi connectivity index (χ1) is 15.9. The van der Waals surface area contributed by atoms with Gasteiger partial charge in [-0.1, -0.05) is 12.1 Å². The largest absolute Gasteiger partial charge is 0.465 e. The van der Waals surface area contributed by atoms with Crippen LogP contribution in [0.3, 0.4) is 0 Å². The van der Waals surface area contributed by atoms with Gasteiger partial charge in [-0.15, -0.1) is 0 Å². The number of aromatic nitrogens is 2. The molecule has 1 N–H and O–H groups in total. The minimum absolute atomic E-state index is 0.0812. The predicted molar refractivity (Wildman–Crippen MR) is 120 cm³/mol. The second kappa shape index (κ2) is 9.91. The summed E-state index contributed by atoms with van der Waals surface area (Å²) in [4.78, 5) is 27.8. The van der Waals surface area contributed by atoms with Crippen LogP contribution < -0.4 is 10.5 Å². The number of hydrogen-bond acceptors (Lipinski definition) is 4. The van der Waals surface area contributed by atoms with Crippen molar-refractivity contribution in [3.63, 3.8) is 0 Å². The number of hydrogen-bond donors (Lipinski definition) is 1. The van der Waals surface area contributed by atoms with E-state index < -0.39 is 17.7 Å². The summed E-state index contributed by atoms with van der Waals surface area (Å²) in [5.41, 5.74) is 1.27. The van der Waals surface area contributed by atoms with Crippen molar-refractivity contribution in [1.29, 1.82) is 0 Å². The molecule has 2 heterocycles. The zero-order valence-corrected chi connectivity index (χ0v) is 18.0. The summed E-state index contributed by atoms with van der Waals surface area (Å²) < 4.78 is 28.4. The fourth-order valence-corrected chi connectivity index (χ4v) is 4.00. The lowest BCUT2D eigenvalue weighted by Gasteiger charge is -2.23. The van der Waals surface area contributed by atoms with Crippen molar-refractivity contribution >= 4 is 11.8 Å². The van der Waals surface area contributed by atoms with Crippen LogP contribution in [0.15, 0.2) is 59.4 Å². The fraction of sp³-hybridized carbons (Fsp3) is 0.292. The molecule has 33 heavy (non-hydrogen) atoms. The number of likely N-dealkylation sites (tertiary alicyclic amines) is 1. The number of rotatable bonds is 7. The molecule has 0 saturated carbocycles. The number of carboxylic acid groups (broad SMARTS) is 1. The highest BCUT2D eigenvalue weighted by molar-refractivity contribution is 5.86. The molecule has 1 aliphatic rings. The molecule has 0 unspecified atom stereocenters. The highest BCUT2D eigenvalue weighted by atomic mass is 19.1. The monoisotopic (exact) mass is 454 g/mol. The molecule has 1 aromatic heterocycles. The second-order valence-corrected chi connectivity index (χ2v) is 8.03. The van der Waals surface area contributed by atoms with E-state index in [0.29, 0.717) is 24.3 Å². The van der Waals surface area contributed by atoms with E-state index in [4.69, 9.17) is 0 Å². The van der Waals surface area contributed by atoms with Crippen LogP contribution >= 0.6 is 0 Å². The third-order valence-electron chi connectivity index (χ3n) is 5.65. The van der Waals surface area contributed by atoms with Gasteiger partial charge in [-0.2, -0.15) is 5.10 Å². The summed E-state index contributed by atoms with van der Waals surface area (Å²) in [6, 6.07) is 12.7. The molecule has 0 aliphatic carbocycles. The van der Waals surface area contributed by atoms with E-state index in [2.05, 4.69) is 10.00 Å². The molecule has 1 fully saturated rings. The van der Waals surface area contributed by atoms with Crippen LogP contribution in [-0.4, -0.2) is 52.1 Å². The number of halogens is 2. The Labute approximate surface area is 189 Å². The van der Waals surface area contributed by atoms with Gasteiger partial charge < -0.3 is 10.0 Å². The van der Waals surface area contributed by atoms with Gasteiger partial charge in [0.1, 0.15) is 11.6 Å². The maximum atomic E-state index is 13.6. The van der Waals surface area contributed by atoms with Crippen LogP contribution in [0.25, 0.3) is 11.3 Å².